The Kier molecular flexibility index (Phi) is 4.63. The molecule has 2 amide bonds. The highest BCUT2D eigenvalue weighted by Crippen LogP contribution is 2.55. The fourth-order valence-corrected chi connectivity index (χ4v) is 8.12. The molecule has 2 bridgehead atoms. The van der Waals surface area contributed by atoms with E-state index in [9.17, 15) is 18.0 Å². The largest absolute Gasteiger partial charge is 0.312 e. The molecule has 1 aromatic rings. The van der Waals surface area contributed by atoms with Crippen LogP contribution >= 0.6 is 11.8 Å². The van der Waals surface area contributed by atoms with Crippen molar-refractivity contribution in [3.05, 3.63) is 30.3 Å². The van der Waals surface area contributed by atoms with Crippen molar-refractivity contribution in [3.63, 3.8) is 0 Å². The summed E-state index contributed by atoms with van der Waals surface area (Å²) < 4.78 is 27.0. The van der Waals surface area contributed by atoms with Crippen molar-refractivity contribution in [2.75, 3.05) is 19.8 Å². The topological polar surface area (TPSA) is 74.8 Å². The van der Waals surface area contributed by atoms with Gasteiger partial charge < -0.3 is 9.80 Å². The molecule has 0 aliphatic carbocycles. The van der Waals surface area contributed by atoms with Gasteiger partial charge in [0.25, 0.3) is 0 Å². The van der Waals surface area contributed by atoms with Crippen LogP contribution in [0.4, 0.5) is 0 Å². The number of carbonyl (C=O) groups is 2. The first kappa shape index (κ1) is 19.2. The maximum absolute atomic E-state index is 13.5. The minimum absolute atomic E-state index is 0.00723. The van der Waals surface area contributed by atoms with E-state index in [1.165, 1.54) is 16.7 Å². The third-order valence-corrected chi connectivity index (χ3v) is 9.27. The molecule has 3 aliphatic heterocycles. The van der Waals surface area contributed by atoms with Crippen LogP contribution in [0.1, 0.15) is 26.7 Å². The Hall–Kier alpha value is -1.54. The van der Waals surface area contributed by atoms with Crippen molar-refractivity contribution in [3.8, 4) is 0 Å². The molecule has 0 spiro atoms. The molecule has 1 aromatic carbocycles. The van der Waals surface area contributed by atoms with E-state index in [1.54, 1.807) is 55.5 Å². The van der Waals surface area contributed by atoms with Crippen LogP contribution in [0.5, 0.6) is 0 Å². The lowest BCUT2D eigenvalue weighted by molar-refractivity contribution is -0.186. The molecule has 3 aliphatic rings. The summed E-state index contributed by atoms with van der Waals surface area (Å²) >= 11 is 1.25. The van der Waals surface area contributed by atoms with Gasteiger partial charge in [0.2, 0.25) is 11.8 Å². The zero-order chi connectivity index (χ0) is 19.3. The molecule has 8 heteroatoms. The Labute approximate surface area is 158 Å². The number of nitrogens with zero attached hydrogens (tertiary/aromatic N) is 2. The highest BCUT2D eigenvalue weighted by atomic mass is 32.2. The summed E-state index contributed by atoms with van der Waals surface area (Å²) in [5.74, 6) is -0.569. The quantitative estimate of drug-likeness (QED) is 0.712. The predicted molar refractivity (Wildman–Crippen MR) is 101 cm³/mol. The lowest BCUT2D eigenvalue weighted by atomic mass is 9.74. The minimum Gasteiger partial charge on any atom is -0.312 e. The van der Waals surface area contributed by atoms with Gasteiger partial charge in [-0.05, 0) is 38.2 Å². The van der Waals surface area contributed by atoms with Gasteiger partial charge in [-0.1, -0.05) is 25.1 Å². The smallest absolute Gasteiger partial charge is 0.240 e. The van der Waals surface area contributed by atoms with Crippen LogP contribution in [0.2, 0.25) is 0 Å². The van der Waals surface area contributed by atoms with Crippen LogP contribution in [0.3, 0.4) is 0 Å². The molecule has 6 nitrogen and oxygen atoms in total. The second-order valence-electron chi connectivity index (χ2n) is 7.07. The first-order chi connectivity index (χ1) is 12.2. The van der Waals surface area contributed by atoms with E-state index in [2.05, 4.69) is 0 Å². The Bertz CT molecular complexity index is 842. The van der Waals surface area contributed by atoms with Gasteiger partial charge in [-0.2, -0.15) is 0 Å². The molecule has 3 fully saturated rings. The molecule has 26 heavy (non-hydrogen) atoms. The summed E-state index contributed by atoms with van der Waals surface area (Å²) in [5.41, 5.74) is -1.34. The molecule has 0 N–H and O–H groups in total. The summed E-state index contributed by atoms with van der Waals surface area (Å²) in [6.07, 6.45) is 2.46. The van der Waals surface area contributed by atoms with E-state index >= 15 is 0 Å². The van der Waals surface area contributed by atoms with Crippen molar-refractivity contribution in [2.24, 2.45) is 5.41 Å². The number of hydrogen-bond acceptors (Lipinski definition) is 5. The summed E-state index contributed by atoms with van der Waals surface area (Å²) in [6.45, 7) is 3.93. The molecule has 3 saturated heterocycles. The molecular formula is C18H24N2O4S2. The van der Waals surface area contributed by atoms with Crippen LogP contribution in [0.15, 0.2) is 35.2 Å². The number of hydrogen-bond donors (Lipinski definition) is 0. The van der Waals surface area contributed by atoms with Crippen LogP contribution < -0.4 is 0 Å². The molecule has 0 radical (unpaired) electrons. The highest BCUT2D eigenvalue weighted by molar-refractivity contribution is 8.01. The van der Waals surface area contributed by atoms with E-state index in [0.717, 1.165) is 0 Å². The first-order valence-corrected chi connectivity index (χ1v) is 11.4. The average molecular weight is 397 g/mol. The fraction of sp³-hybridized carbons (Fsp3) is 0.556. The lowest BCUT2D eigenvalue weighted by Gasteiger charge is -2.63. The second-order valence-corrected chi connectivity index (χ2v) is 10.2. The van der Waals surface area contributed by atoms with Gasteiger partial charge in [0.05, 0.1) is 4.90 Å². The van der Waals surface area contributed by atoms with Gasteiger partial charge in [0, 0.05) is 13.6 Å². The Morgan fingerprint density at radius 2 is 1.81 bits per heavy atom. The second kappa shape index (κ2) is 6.27. The van der Waals surface area contributed by atoms with Crippen molar-refractivity contribution in [1.29, 1.82) is 0 Å². The number of sulfone groups is 1. The number of benzene rings is 1. The number of amides is 2. The summed E-state index contributed by atoms with van der Waals surface area (Å²) in [5, 5.41) is -0.885. The SMILES string of the molecule is CCCN1C(=O)[C@]2(C)C[C@@H](S(=O)(=O)c3ccccc3)[C@@]1(SC)N(C)C2=O. The maximum Gasteiger partial charge on any atom is 0.240 e. The van der Waals surface area contributed by atoms with Crippen molar-refractivity contribution < 1.29 is 18.0 Å². The number of rotatable bonds is 5. The molecule has 0 saturated carbocycles. The standard InChI is InChI=1S/C18H24N2O4S2/c1-5-11-20-16(22)17(2)12-14(18(20,25-4)19(3)15(17)21)26(23,24)13-9-7-6-8-10-13/h6-10,14H,5,11-12H2,1-4H3/t14-,17-,18-/m1/s1. The van der Waals surface area contributed by atoms with E-state index in [0.29, 0.717) is 13.0 Å². The van der Waals surface area contributed by atoms with E-state index in [-0.39, 0.29) is 23.1 Å². The molecule has 4 rings (SSSR count). The van der Waals surface area contributed by atoms with Crippen LogP contribution in [0, 0.1) is 5.41 Å². The fourth-order valence-electron chi connectivity index (χ4n) is 4.25. The highest BCUT2D eigenvalue weighted by Gasteiger charge is 2.71. The van der Waals surface area contributed by atoms with Crippen molar-refractivity contribution in [1.82, 2.24) is 9.80 Å². The monoisotopic (exact) mass is 396 g/mol. The summed E-state index contributed by atoms with van der Waals surface area (Å²) in [7, 11) is -2.13. The predicted octanol–water partition coefficient (Wildman–Crippen LogP) is 1.97. The van der Waals surface area contributed by atoms with E-state index in [1.807, 2.05) is 6.92 Å². The number of carbonyl (C=O) groups excluding carboxylic acids is 2. The van der Waals surface area contributed by atoms with Gasteiger partial charge in [0.15, 0.2) is 14.8 Å². The molecular weight excluding hydrogens is 372 g/mol. The van der Waals surface area contributed by atoms with Gasteiger partial charge >= 0.3 is 0 Å². The minimum atomic E-state index is -3.74. The third-order valence-electron chi connectivity index (χ3n) is 5.57. The van der Waals surface area contributed by atoms with E-state index in [4.69, 9.17) is 0 Å². The zero-order valence-electron chi connectivity index (χ0n) is 15.4. The van der Waals surface area contributed by atoms with Crippen LogP contribution in [-0.4, -0.2) is 60.1 Å². The third kappa shape index (κ3) is 2.27. The van der Waals surface area contributed by atoms with Crippen LogP contribution in [0.25, 0.3) is 0 Å². The van der Waals surface area contributed by atoms with Crippen molar-refractivity contribution >= 4 is 33.4 Å². The molecule has 3 atom stereocenters. The molecule has 142 valence electrons. The Morgan fingerprint density at radius 1 is 1.19 bits per heavy atom. The van der Waals surface area contributed by atoms with Gasteiger partial charge in [-0.3, -0.25) is 9.59 Å². The zero-order valence-corrected chi connectivity index (χ0v) is 17.1. The van der Waals surface area contributed by atoms with Crippen molar-refractivity contribution in [2.45, 2.75) is 41.8 Å². The normalized spacial score (nSPS) is 31.6. The van der Waals surface area contributed by atoms with E-state index < -0.39 is 25.5 Å². The number of fused-ring (bicyclic) bond motifs is 3. The van der Waals surface area contributed by atoms with Gasteiger partial charge in [-0.15, -0.1) is 11.8 Å². The Morgan fingerprint density at radius 3 is 2.35 bits per heavy atom. The lowest BCUT2D eigenvalue weighted by Crippen LogP contribution is -2.81. The average Bonchev–Trinajstić information content (AvgIpc) is 2.64. The number of thioether (sulfide) groups is 1. The Balaban J connectivity index is 2.24. The summed E-state index contributed by atoms with van der Waals surface area (Å²) in [4.78, 5) is 28.1. The molecule has 0 aromatic heterocycles. The molecule has 3 heterocycles. The van der Waals surface area contributed by atoms with Gasteiger partial charge in [0.1, 0.15) is 10.7 Å². The number of piperidine rings is 2. The summed E-state index contributed by atoms with van der Waals surface area (Å²) in [6, 6.07) is 8.28. The van der Waals surface area contributed by atoms with Crippen LogP contribution in [-0.2, 0) is 19.4 Å². The first-order valence-electron chi connectivity index (χ1n) is 8.62. The maximum atomic E-state index is 13.5. The molecule has 0 unspecified atom stereocenters. The van der Waals surface area contributed by atoms with Gasteiger partial charge in [-0.25, -0.2) is 8.42 Å².